The molecule has 11 bridgehead atoms. The summed E-state index contributed by atoms with van der Waals surface area (Å²) in [6.07, 6.45) is -18.6. The first-order valence-electron chi connectivity index (χ1n) is 38.4. The van der Waals surface area contributed by atoms with Crippen LogP contribution in [0.5, 0.6) is 46.0 Å². The van der Waals surface area contributed by atoms with Gasteiger partial charge in [-0.2, -0.15) is 0 Å². The number of aromatic hydroxyl groups is 3. The van der Waals surface area contributed by atoms with Gasteiger partial charge in [-0.15, -0.1) is 10.2 Å². The van der Waals surface area contributed by atoms with Gasteiger partial charge in [0.1, 0.15) is 83.4 Å². The average molecular weight is 1780 g/mol. The Kier molecular flexibility index (Phi) is 27.1. The maximum Gasteiger partial charge on any atom is 0.330 e. The number of likely N-dealkylation sites (N-methyl/N-ethyl adjacent to an activating group) is 1. The summed E-state index contributed by atoms with van der Waals surface area (Å²) in [5, 5.41) is 136. The van der Waals surface area contributed by atoms with Gasteiger partial charge in [0, 0.05) is 52.0 Å². The second-order valence-corrected chi connectivity index (χ2v) is 32.9. The van der Waals surface area contributed by atoms with E-state index in [9.17, 15) is 60.3 Å². The molecule has 2 fully saturated rings. The molecule has 15 rings (SSSR count). The molecule has 123 heavy (non-hydrogen) atoms. The number of aliphatic hydroxyl groups is 5. The van der Waals surface area contributed by atoms with Crippen molar-refractivity contribution in [3.8, 4) is 68.2 Å². The van der Waals surface area contributed by atoms with Gasteiger partial charge in [0.25, 0.3) is 5.95 Å². The molecule has 0 spiro atoms. The maximum atomic E-state index is 16.4. The highest BCUT2D eigenvalue weighted by atomic mass is 35.5. The van der Waals surface area contributed by atoms with E-state index < -0.39 is 231 Å². The number of thioether (sulfide) groups is 1. The SMILES string of the molecule is CN[C@@H](CC(C)C)C(=O)N[C@H]1C(=O)N[C@@H](CC(N)=O)C(=O)N[C@H]2C(=O)NC3C(=O)N[C@H](C(=O)N[C@@H](C(=O)O)c4cc(O)cc(O)c4-c4cc3ccc4O)[C@H](O)c3ccc(c(Cl)c3)Oc3cc2cc(c3OC2OC(CSc3nnc(NN)n3N)C(O)C(O)C2OC2CC(C)(NCc3ccc(-c4ccc(Cl)cc4)cc3)C(O)C(C)O2)Oc2ccc(cc2Cl)[C@H]1O. The van der Waals surface area contributed by atoms with E-state index in [1.54, 1.807) is 26.0 Å². The smallest absolute Gasteiger partial charge is 0.330 e. The Balaban J connectivity index is 1.00. The van der Waals surface area contributed by atoms with Gasteiger partial charge >= 0.3 is 5.97 Å². The lowest BCUT2D eigenvalue weighted by atomic mass is 9.84. The molecular formula is C81H88Cl3N15O23S. The molecule has 38 nitrogen and oxygen atoms in total. The van der Waals surface area contributed by atoms with Crippen LogP contribution in [-0.2, 0) is 59.1 Å². The van der Waals surface area contributed by atoms with Gasteiger partial charge < -0.3 is 128 Å². The Morgan fingerprint density at radius 1 is 0.699 bits per heavy atom. The standard InChI is InChI=1S/C81H88Cl3N15O23S/c1-32(2)20-47(88-5)71(109)94-62-64(104)38-13-18-51(45(83)22-38)118-53-24-40-25-54(68(53)122-78-69(67(107)66(106)55(120-78)31-123-80-98-97-79(96-86)99(80)87)121-57-29-81(4,70(108)33(3)117-57)89-30-34-6-8-35(9-7-34)36-10-15-41(82)16-11-36)119-52-19-14-39(23-46(52)84)65(105)63-76(114)93-61(77(115)116)44-26-42(100)27-50(102)58(44)43-21-37(12-17-49(43)101)59(73(111)95-63)92-74(112)60(40)91-72(110)48(28-56(85)103)90-75(62)113/h6-19,21-27,32-33,47-48,55,57,59-67,69-70,78,88-89,100-102,104-108H,20,28-31,86-87H2,1-5H3,(H2,85,103)(H,90,113)(H,91,110)(H,92,112)(H,93,114)(H,94,109)(H,95,111)(H,96,97)(H,115,116)/t33?,47-,48-,55?,57?,59?,60+,61+,62+,63-,64+,65+,66?,67?,69?,70?,78?,81?/m0/s1. The summed E-state index contributed by atoms with van der Waals surface area (Å²) in [4.78, 5) is 119. The number of carboxylic acids is 1. The van der Waals surface area contributed by atoms with Gasteiger partial charge in [0.05, 0.1) is 40.8 Å². The molecular weight excluding hydrogens is 1690 g/mol. The minimum Gasteiger partial charge on any atom is -0.508 e. The van der Waals surface area contributed by atoms with Crippen LogP contribution >= 0.6 is 46.6 Å². The molecule has 652 valence electrons. The number of aliphatic hydroxyl groups excluding tert-OH is 5. The van der Waals surface area contributed by atoms with Crippen molar-refractivity contribution < 1.29 is 113 Å². The minimum absolute atomic E-state index is 0.00662. The zero-order valence-electron chi connectivity index (χ0n) is 65.9. The van der Waals surface area contributed by atoms with E-state index in [0.29, 0.717) is 5.02 Å². The molecule has 42 heteroatoms. The molecule has 7 aliphatic rings. The van der Waals surface area contributed by atoms with Crippen molar-refractivity contribution in [3.05, 3.63) is 176 Å². The van der Waals surface area contributed by atoms with Gasteiger partial charge in [-0.25, -0.2) is 15.3 Å². The molecule has 18 atom stereocenters. The number of nitrogen functional groups attached to an aromatic ring is 2. The topological polar surface area (TPSA) is 591 Å². The highest BCUT2D eigenvalue weighted by molar-refractivity contribution is 7.99. The third-order valence-electron chi connectivity index (χ3n) is 21.6. The Labute approximate surface area is 719 Å². The number of nitrogens with zero attached hydrogens (tertiary/aromatic N) is 3. The Hall–Kier alpha value is -11.4. The molecule has 2 saturated heterocycles. The number of hydrogen-bond donors (Lipinski definition) is 21. The molecule has 0 radical (unpaired) electrons. The lowest BCUT2D eigenvalue weighted by Crippen LogP contribution is -2.65. The third-order valence-corrected chi connectivity index (χ3v) is 23.4. The van der Waals surface area contributed by atoms with E-state index in [1.165, 1.54) is 19.2 Å². The first-order chi connectivity index (χ1) is 58.5. The number of nitrogens with one attached hydrogen (secondary N) is 9. The van der Waals surface area contributed by atoms with E-state index in [2.05, 4.69) is 58.2 Å². The number of rotatable bonds is 20. The Bertz CT molecular complexity index is 5380. The zero-order chi connectivity index (χ0) is 88.5. The molecule has 1 aromatic heterocycles. The summed E-state index contributed by atoms with van der Waals surface area (Å²) in [6.45, 7) is 7.13. The number of aromatic nitrogens is 3. The Morgan fingerprint density at radius 3 is 1.93 bits per heavy atom. The quantitative estimate of drug-likeness (QED) is 0.0294. The molecule has 7 amide bonds. The summed E-state index contributed by atoms with van der Waals surface area (Å²) in [6, 6.07) is 14.3. The van der Waals surface area contributed by atoms with Crippen molar-refractivity contribution in [3.63, 3.8) is 0 Å². The maximum absolute atomic E-state index is 16.4. The van der Waals surface area contributed by atoms with E-state index in [1.807, 2.05) is 50.2 Å². The van der Waals surface area contributed by atoms with Crippen LogP contribution in [0.15, 0.2) is 133 Å². The third kappa shape index (κ3) is 19.5. The summed E-state index contributed by atoms with van der Waals surface area (Å²) in [5.41, 5.74) is 6.58. The number of primary amides is 1. The molecule has 8 heterocycles. The van der Waals surface area contributed by atoms with Gasteiger partial charge in [-0.3, -0.25) is 39.0 Å². The number of ether oxygens (including phenoxy) is 6. The van der Waals surface area contributed by atoms with Gasteiger partial charge in [-0.05, 0) is 139 Å². The second-order valence-electron chi connectivity index (χ2n) is 30.6. The van der Waals surface area contributed by atoms with Crippen molar-refractivity contribution >= 4 is 99.8 Å². The Morgan fingerprint density at radius 2 is 1.32 bits per heavy atom. The second kappa shape index (κ2) is 37.4. The summed E-state index contributed by atoms with van der Waals surface area (Å²) in [7, 11) is 1.48. The zero-order valence-corrected chi connectivity index (χ0v) is 69.0. The number of carbonyl (C=O) groups excluding carboxylic acids is 7. The van der Waals surface area contributed by atoms with Crippen LogP contribution in [0.1, 0.15) is 111 Å². The number of carboxylic acid groups (broad SMARTS) is 1. The van der Waals surface area contributed by atoms with Crippen LogP contribution in [0.3, 0.4) is 0 Å². The number of hydrogen-bond acceptors (Lipinski definition) is 30. The minimum atomic E-state index is -2.38. The largest absolute Gasteiger partial charge is 0.508 e. The molecule has 7 aliphatic heterocycles. The molecule has 0 saturated carbocycles. The first-order valence-corrected chi connectivity index (χ1v) is 40.6. The van der Waals surface area contributed by atoms with Crippen LogP contribution < -0.4 is 79.6 Å². The number of phenolic OH excluding ortho intramolecular Hbond substituents is 3. The van der Waals surface area contributed by atoms with Gasteiger partial charge in [-0.1, -0.05) is 115 Å². The number of benzene rings is 7. The number of fused-ring (bicyclic) bond motifs is 15. The first kappa shape index (κ1) is 89.4. The van der Waals surface area contributed by atoms with Crippen molar-refractivity contribution in [2.45, 2.75) is 168 Å². The molecule has 7 aromatic carbocycles. The van der Waals surface area contributed by atoms with Crippen LogP contribution in [-0.4, -0.2) is 200 Å². The van der Waals surface area contributed by atoms with Crippen LogP contribution in [0.25, 0.3) is 22.3 Å². The van der Waals surface area contributed by atoms with Crippen molar-refractivity contribution in [2.75, 3.05) is 24.1 Å². The van der Waals surface area contributed by atoms with Gasteiger partial charge in [0.15, 0.2) is 29.9 Å². The number of aliphatic carboxylic acids is 1. The number of halogens is 3. The number of anilines is 1. The lowest BCUT2D eigenvalue weighted by molar-refractivity contribution is -0.330. The fourth-order valence-corrected chi connectivity index (χ4v) is 16.5. The van der Waals surface area contributed by atoms with E-state index in [4.69, 9.17) is 80.6 Å². The highest BCUT2D eigenvalue weighted by Gasteiger charge is 2.53. The molecule has 10 unspecified atom stereocenters. The lowest BCUT2D eigenvalue weighted by Gasteiger charge is -2.48. The predicted molar refractivity (Wildman–Crippen MR) is 440 cm³/mol. The van der Waals surface area contributed by atoms with Crippen LogP contribution in [0.4, 0.5) is 5.95 Å². The number of carbonyl (C=O) groups is 8. The van der Waals surface area contributed by atoms with E-state index in [-0.39, 0.29) is 69.6 Å². The molecule has 24 N–H and O–H groups in total. The summed E-state index contributed by atoms with van der Waals surface area (Å²) < 4.78 is 41.6. The van der Waals surface area contributed by atoms with E-state index in [0.717, 1.165) is 99.9 Å². The molecule has 8 aromatic rings. The molecule has 0 aliphatic carbocycles. The summed E-state index contributed by atoms with van der Waals surface area (Å²) in [5.74, 6) is -4.63. The number of nitrogens with two attached hydrogens (primary N) is 3. The van der Waals surface area contributed by atoms with Gasteiger partial charge in [0.2, 0.25) is 58.5 Å². The summed E-state index contributed by atoms with van der Waals surface area (Å²) >= 11 is 21.5. The van der Waals surface area contributed by atoms with Crippen molar-refractivity contribution in [1.29, 1.82) is 0 Å². The van der Waals surface area contributed by atoms with E-state index >= 15 is 24.0 Å². The van der Waals surface area contributed by atoms with Crippen LogP contribution in [0.2, 0.25) is 15.1 Å². The monoisotopic (exact) mass is 1780 g/mol. The van der Waals surface area contributed by atoms with Crippen molar-refractivity contribution in [2.24, 2.45) is 17.5 Å². The van der Waals surface area contributed by atoms with Crippen LogP contribution in [0, 0.1) is 5.92 Å². The fourth-order valence-electron chi connectivity index (χ4n) is 15.0. The number of phenols is 3. The normalized spacial score (nSPS) is 26.2. The predicted octanol–water partition coefficient (Wildman–Crippen LogP) is 3.65. The number of amides is 7. The number of hydrazine groups is 1. The fraction of sp³-hybridized carbons (Fsp3) is 0.358. The average Bonchev–Trinajstić information content (AvgIpc) is 1.03. The van der Waals surface area contributed by atoms with Crippen molar-refractivity contribution in [1.82, 2.24) is 57.4 Å². The highest BCUT2D eigenvalue weighted by Crippen LogP contribution is 2.50.